The van der Waals surface area contributed by atoms with Gasteiger partial charge in [-0.2, -0.15) is 0 Å². The SMILES string of the molecule is O=c1[nH]c(N2CCC[C@@H]2c2ccccc2)nn2c(C3CCOCC3)ncc12. The third kappa shape index (κ3) is 2.92. The molecule has 0 saturated carbocycles. The highest BCUT2D eigenvalue weighted by molar-refractivity contribution is 5.46. The van der Waals surface area contributed by atoms with Crippen LogP contribution in [-0.4, -0.2) is 39.3 Å². The number of hydrogen-bond donors (Lipinski definition) is 1. The summed E-state index contributed by atoms with van der Waals surface area (Å²) < 4.78 is 7.22. The number of nitrogens with one attached hydrogen (secondary N) is 1. The third-order valence-electron chi connectivity index (χ3n) is 5.71. The molecule has 1 atom stereocenters. The predicted molar refractivity (Wildman–Crippen MR) is 102 cm³/mol. The number of H-pyrrole nitrogens is 1. The van der Waals surface area contributed by atoms with Gasteiger partial charge >= 0.3 is 0 Å². The average Bonchev–Trinajstić information content (AvgIpc) is 3.37. The van der Waals surface area contributed by atoms with Crippen LogP contribution < -0.4 is 10.5 Å². The molecule has 7 nitrogen and oxygen atoms in total. The Morgan fingerprint density at radius 3 is 2.74 bits per heavy atom. The molecule has 4 heterocycles. The first-order chi connectivity index (χ1) is 13.3. The summed E-state index contributed by atoms with van der Waals surface area (Å²) in [5.74, 6) is 1.79. The fourth-order valence-electron chi connectivity index (χ4n) is 4.31. The van der Waals surface area contributed by atoms with Gasteiger partial charge < -0.3 is 9.64 Å². The lowest BCUT2D eigenvalue weighted by Crippen LogP contribution is -2.29. The Balaban J connectivity index is 1.56. The van der Waals surface area contributed by atoms with Crippen molar-refractivity contribution >= 4 is 11.5 Å². The van der Waals surface area contributed by atoms with E-state index in [0.717, 1.165) is 51.3 Å². The number of hydrogen-bond acceptors (Lipinski definition) is 5. The molecule has 140 valence electrons. The van der Waals surface area contributed by atoms with Crippen molar-refractivity contribution in [2.24, 2.45) is 0 Å². The zero-order valence-electron chi connectivity index (χ0n) is 15.2. The van der Waals surface area contributed by atoms with Gasteiger partial charge in [-0.3, -0.25) is 9.78 Å². The number of rotatable bonds is 3. The van der Waals surface area contributed by atoms with Crippen molar-refractivity contribution in [3.63, 3.8) is 0 Å². The topological polar surface area (TPSA) is 75.5 Å². The largest absolute Gasteiger partial charge is 0.381 e. The lowest BCUT2D eigenvalue weighted by atomic mass is 10.00. The van der Waals surface area contributed by atoms with Crippen LogP contribution in [0, 0.1) is 0 Å². The second-order valence-electron chi connectivity index (χ2n) is 7.34. The van der Waals surface area contributed by atoms with E-state index in [-0.39, 0.29) is 17.5 Å². The number of fused-ring (bicyclic) bond motifs is 1. The van der Waals surface area contributed by atoms with Crippen LogP contribution in [0.1, 0.15) is 49.0 Å². The highest BCUT2D eigenvalue weighted by atomic mass is 16.5. The van der Waals surface area contributed by atoms with Gasteiger partial charge in [0.15, 0.2) is 5.52 Å². The molecule has 5 rings (SSSR count). The van der Waals surface area contributed by atoms with Gasteiger partial charge in [0.25, 0.3) is 5.56 Å². The van der Waals surface area contributed by atoms with E-state index in [2.05, 4.69) is 39.1 Å². The first-order valence-electron chi connectivity index (χ1n) is 9.68. The van der Waals surface area contributed by atoms with Gasteiger partial charge in [0.2, 0.25) is 5.95 Å². The fourth-order valence-corrected chi connectivity index (χ4v) is 4.31. The van der Waals surface area contributed by atoms with Crippen molar-refractivity contribution < 1.29 is 4.74 Å². The zero-order valence-corrected chi connectivity index (χ0v) is 15.2. The number of ether oxygens (including phenoxy) is 1. The van der Waals surface area contributed by atoms with Crippen molar-refractivity contribution in [1.29, 1.82) is 0 Å². The van der Waals surface area contributed by atoms with Crippen LogP contribution in [-0.2, 0) is 4.74 Å². The minimum atomic E-state index is -0.135. The Hall–Kier alpha value is -2.67. The summed E-state index contributed by atoms with van der Waals surface area (Å²) in [6.45, 7) is 2.35. The molecule has 7 heteroatoms. The molecule has 0 bridgehead atoms. The highest BCUT2D eigenvalue weighted by Gasteiger charge is 2.29. The molecule has 2 fully saturated rings. The van der Waals surface area contributed by atoms with E-state index in [0.29, 0.717) is 11.5 Å². The molecule has 0 spiro atoms. The molecule has 1 aromatic carbocycles. The van der Waals surface area contributed by atoms with Gasteiger partial charge in [0.05, 0.1) is 12.2 Å². The average molecular weight is 365 g/mol. The first kappa shape index (κ1) is 16.5. The zero-order chi connectivity index (χ0) is 18.2. The molecule has 0 aliphatic carbocycles. The molecule has 0 amide bonds. The fraction of sp³-hybridized carbons (Fsp3) is 0.450. The van der Waals surface area contributed by atoms with Crippen LogP contribution in [0.3, 0.4) is 0 Å². The third-order valence-corrected chi connectivity index (χ3v) is 5.71. The molecule has 2 aromatic heterocycles. The van der Waals surface area contributed by atoms with Crippen molar-refractivity contribution in [3.05, 3.63) is 58.3 Å². The smallest absolute Gasteiger partial charge is 0.278 e. The Bertz CT molecular complexity index is 991. The quantitative estimate of drug-likeness (QED) is 0.772. The van der Waals surface area contributed by atoms with Crippen LogP contribution in [0.5, 0.6) is 0 Å². The summed E-state index contributed by atoms with van der Waals surface area (Å²) in [5, 5.41) is 4.81. The Morgan fingerprint density at radius 1 is 1.11 bits per heavy atom. The molecule has 0 unspecified atom stereocenters. The summed E-state index contributed by atoms with van der Waals surface area (Å²) in [7, 11) is 0. The van der Waals surface area contributed by atoms with E-state index in [1.165, 1.54) is 5.56 Å². The molecule has 3 aromatic rings. The Kier molecular flexibility index (Phi) is 4.16. The number of anilines is 1. The van der Waals surface area contributed by atoms with E-state index >= 15 is 0 Å². The van der Waals surface area contributed by atoms with Crippen LogP contribution in [0.25, 0.3) is 5.52 Å². The highest BCUT2D eigenvalue weighted by Crippen LogP contribution is 2.34. The molecule has 27 heavy (non-hydrogen) atoms. The van der Waals surface area contributed by atoms with E-state index in [9.17, 15) is 4.79 Å². The maximum atomic E-state index is 12.7. The molecule has 0 radical (unpaired) electrons. The number of imidazole rings is 1. The van der Waals surface area contributed by atoms with Gasteiger partial charge in [-0.25, -0.2) is 9.50 Å². The number of aromatic amines is 1. The standard InChI is InChI=1S/C20H23N5O2/c26-19-17-13-21-18(15-8-11-27-12-9-15)25(17)23-20(22-19)24-10-4-7-16(24)14-5-2-1-3-6-14/h1-3,5-6,13,15-16H,4,7-12H2,(H,22,23,26)/t16-/m1/s1. The van der Waals surface area contributed by atoms with Crippen LogP contribution in [0.4, 0.5) is 5.95 Å². The lowest BCUT2D eigenvalue weighted by Gasteiger charge is -2.26. The maximum absolute atomic E-state index is 12.7. The summed E-state index contributed by atoms with van der Waals surface area (Å²) in [6.07, 6.45) is 5.61. The van der Waals surface area contributed by atoms with Crippen molar-refractivity contribution in [2.45, 2.75) is 37.6 Å². The molecule has 2 aliphatic rings. The van der Waals surface area contributed by atoms with Crippen LogP contribution in [0.15, 0.2) is 41.3 Å². The van der Waals surface area contributed by atoms with Gasteiger partial charge in [-0.1, -0.05) is 30.3 Å². The molecule has 2 saturated heterocycles. The van der Waals surface area contributed by atoms with Gasteiger partial charge in [0.1, 0.15) is 5.82 Å². The number of benzene rings is 1. The molecule has 2 aliphatic heterocycles. The molecule has 1 N–H and O–H groups in total. The number of nitrogens with zero attached hydrogens (tertiary/aromatic N) is 4. The van der Waals surface area contributed by atoms with Gasteiger partial charge in [-0.05, 0) is 31.2 Å². The van der Waals surface area contributed by atoms with Crippen LogP contribution in [0.2, 0.25) is 0 Å². The van der Waals surface area contributed by atoms with Crippen LogP contribution >= 0.6 is 0 Å². The van der Waals surface area contributed by atoms with Crippen molar-refractivity contribution in [3.8, 4) is 0 Å². The lowest BCUT2D eigenvalue weighted by molar-refractivity contribution is 0.0832. The minimum Gasteiger partial charge on any atom is -0.381 e. The van der Waals surface area contributed by atoms with Crippen molar-refractivity contribution in [1.82, 2.24) is 19.6 Å². The number of aromatic nitrogens is 4. The van der Waals surface area contributed by atoms with Crippen molar-refractivity contribution in [2.75, 3.05) is 24.7 Å². The normalized spacial score (nSPS) is 21.2. The van der Waals surface area contributed by atoms with Gasteiger partial charge in [-0.15, -0.1) is 5.10 Å². The monoisotopic (exact) mass is 365 g/mol. The van der Waals surface area contributed by atoms with E-state index in [4.69, 9.17) is 9.84 Å². The maximum Gasteiger partial charge on any atom is 0.278 e. The summed E-state index contributed by atoms with van der Waals surface area (Å²) in [5.41, 5.74) is 1.63. The summed E-state index contributed by atoms with van der Waals surface area (Å²) in [6, 6.07) is 10.7. The summed E-state index contributed by atoms with van der Waals surface area (Å²) >= 11 is 0. The molecular formula is C20H23N5O2. The Morgan fingerprint density at radius 2 is 1.93 bits per heavy atom. The second kappa shape index (κ2) is 6.81. The van der Waals surface area contributed by atoms with Gasteiger partial charge in [0, 0.05) is 25.7 Å². The van der Waals surface area contributed by atoms with E-state index in [1.807, 2.05) is 6.07 Å². The van der Waals surface area contributed by atoms with E-state index in [1.54, 1.807) is 10.7 Å². The Labute approximate surface area is 157 Å². The predicted octanol–water partition coefficient (Wildman–Crippen LogP) is 2.65. The molecular weight excluding hydrogens is 342 g/mol. The summed E-state index contributed by atoms with van der Waals surface area (Å²) in [4.78, 5) is 22.4. The second-order valence-corrected chi connectivity index (χ2v) is 7.34. The minimum absolute atomic E-state index is 0.135. The first-order valence-corrected chi connectivity index (χ1v) is 9.68. The van der Waals surface area contributed by atoms with E-state index < -0.39 is 0 Å².